The van der Waals surface area contributed by atoms with Crippen molar-refractivity contribution in [2.75, 3.05) is 11.4 Å². The summed E-state index contributed by atoms with van der Waals surface area (Å²) in [6, 6.07) is 5.30. The number of carbonyl (C=O) groups excluding carboxylic acids is 1. The number of amides is 1. The molecule has 1 saturated heterocycles. The molecule has 1 aromatic rings. The fraction of sp³-hybridized carbons (Fsp3) is 0.417. The van der Waals surface area contributed by atoms with Crippen LogP contribution in [0.25, 0.3) is 0 Å². The normalized spacial score (nSPS) is 14.1. The molecule has 0 aromatic carbocycles. The van der Waals surface area contributed by atoms with Crippen LogP contribution in [0.3, 0.4) is 0 Å². The zero-order valence-corrected chi connectivity index (χ0v) is 9.60. The highest BCUT2D eigenvalue weighted by molar-refractivity contribution is 5.94. The van der Waals surface area contributed by atoms with E-state index in [9.17, 15) is 4.79 Å². The summed E-state index contributed by atoms with van der Waals surface area (Å²) in [5.41, 5.74) is 0.537. The van der Waals surface area contributed by atoms with Gasteiger partial charge in [-0.1, -0.05) is 13.8 Å². The van der Waals surface area contributed by atoms with Crippen LogP contribution in [0.1, 0.15) is 32.3 Å². The van der Waals surface area contributed by atoms with Crippen LogP contribution in [0.4, 0.5) is 5.82 Å². The molecule has 4 heteroatoms. The molecule has 0 aliphatic carbocycles. The summed E-state index contributed by atoms with van der Waals surface area (Å²) in [5.74, 6) is 0.680. The highest BCUT2D eigenvalue weighted by Gasteiger charge is 2.22. The van der Waals surface area contributed by atoms with E-state index in [1.807, 2.05) is 19.9 Å². The molecule has 2 rings (SSSR count). The number of rotatable bonds is 1. The van der Waals surface area contributed by atoms with E-state index in [1.165, 1.54) is 0 Å². The van der Waals surface area contributed by atoms with E-state index >= 15 is 0 Å². The van der Waals surface area contributed by atoms with Crippen LogP contribution < -0.4 is 4.90 Å². The van der Waals surface area contributed by atoms with Crippen molar-refractivity contribution in [3.8, 4) is 6.07 Å². The first-order valence-corrected chi connectivity index (χ1v) is 5.48. The molecule has 0 saturated carbocycles. The monoisotopic (exact) mass is 217 g/mol. The molecule has 84 valence electrons. The zero-order valence-electron chi connectivity index (χ0n) is 9.60. The summed E-state index contributed by atoms with van der Waals surface area (Å²) in [4.78, 5) is 17.1. The number of aromatic nitrogens is 1. The molecule has 0 unspecified atom stereocenters. The largest absolute Gasteiger partial charge is 0.297 e. The van der Waals surface area contributed by atoms with E-state index in [-0.39, 0.29) is 5.91 Å². The molecule has 1 fully saturated rings. The Bertz CT molecular complexity index is 409. The lowest BCUT2D eigenvalue weighted by atomic mass is 10.3. The topological polar surface area (TPSA) is 57.0 Å². The number of carbonyl (C=O) groups is 1. The quantitative estimate of drug-likeness (QED) is 0.723. The van der Waals surface area contributed by atoms with Crippen LogP contribution in [0, 0.1) is 11.3 Å². The zero-order chi connectivity index (χ0) is 12.0. The Morgan fingerprint density at radius 2 is 2.25 bits per heavy atom. The van der Waals surface area contributed by atoms with Gasteiger partial charge < -0.3 is 0 Å². The second-order valence-electron chi connectivity index (χ2n) is 3.16. The number of pyridine rings is 1. The molecular weight excluding hydrogens is 202 g/mol. The summed E-state index contributed by atoms with van der Waals surface area (Å²) in [7, 11) is 0. The van der Waals surface area contributed by atoms with Crippen molar-refractivity contribution >= 4 is 11.7 Å². The van der Waals surface area contributed by atoms with E-state index in [0.717, 1.165) is 6.42 Å². The van der Waals surface area contributed by atoms with Crippen LogP contribution in [-0.4, -0.2) is 17.4 Å². The van der Waals surface area contributed by atoms with Crippen LogP contribution >= 0.6 is 0 Å². The molecule has 1 amide bonds. The third kappa shape index (κ3) is 2.57. The third-order valence-corrected chi connectivity index (χ3v) is 2.22. The predicted molar refractivity (Wildman–Crippen MR) is 61.9 cm³/mol. The van der Waals surface area contributed by atoms with Crippen LogP contribution in [0.15, 0.2) is 18.3 Å². The van der Waals surface area contributed by atoms with Crippen molar-refractivity contribution in [3.63, 3.8) is 0 Å². The van der Waals surface area contributed by atoms with E-state index in [1.54, 1.807) is 23.2 Å². The van der Waals surface area contributed by atoms with Crippen molar-refractivity contribution in [1.29, 1.82) is 5.26 Å². The van der Waals surface area contributed by atoms with Gasteiger partial charge in [-0.05, 0) is 18.6 Å². The standard InChI is InChI=1S/C10H9N3O.C2H6/c11-7-8-3-4-12-9(6-8)13-5-1-2-10(13)14;1-2/h3-4,6H,1-2,5H2;1-2H3. The van der Waals surface area contributed by atoms with Crippen LogP contribution in [0.2, 0.25) is 0 Å². The second-order valence-corrected chi connectivity index (χ2v) is 3.16. The number of anilines is 1. The molecular formula is C12H15N3O. The molecule has 0 bridgehead atoms. The first-order chi connectivity index (χ1) is 7.81. The summed E-state index contributed by atoms with van der Waals surface area (Å²) >= 11 is 0. The van der Waals surface area contributed by atoms with Gasteiger partial charge in [0.2, 0.25) is 5.91 Å². The summed E-state index contributed by atoms with van der Waals surface area (Å²) in [6.07, 6.45) is 3.01. The van der Waals surface area contributed by atoms with E-state index in [4.69, 9.17) is 5.26 Å². The van der Waals surface area contributed by atoms with Crippen LogP contribution in [-0.2, 0) is 4.79 Å². The van der Waals surface area contributed by atoms with E-state index in [2.05, 4.69) is 4.98 Å². The summed E-state index contributed by atoms with van der Waals surface area (Å²) in [6.45, 7) is 4.71. The SMILES string of the molecule is CC.N#Cc1ccnc(N2CCCC2=O)c1. The van der Waals surface area contributed by atoms with Crippen molar-refractivity contribution in [2.24, 2.45) is 0 Å². The molecule has 1 aliphatic heterocycles. The number of hydrogen-bond acceptors (Lipinski definition) is 3. The molecule has 0 radical (unpaired) electrons. The van der Waals surface area contributed by atoms with Gasteiger partial charge in [0.05, 0.1) is 11.6 Å². The molecule has 4 nitrogen and oxygen atoms in total. The number of hydrogen-bond donors (Lipinski definition) is 0. The van der Waals surface area contributed by atoms with Crippen LogP contribution in [0.5, 0.6) is 0 Å². The Labute approximate surface area is 95.5 Å². The Kier molecular flexibility index (Phi) is 4.46. The maximum atomic E-state index is 11.4. The number of nitrogens with zero attached hydrogens (tertiary/aromatic N) is 3. The minimum atomic E-state index is 0.0904. The van der Waals surface area contributed by atoms with E-state index < -0.39 is 0 Å². The van der Waals surface area contributed by atoms with Gasteiger partial charge in [-0.15, -0.1) is 0 Å². The lowest BCUT2D eigenvalue weighted by molar-refractivity contribution is -0.117. The van der Waals surface area contributed by atoms with Gasteiger partial charge >= 0.3 is 0 Å². The van der Waals surface area contributed by atoms with Gasteiger partial charge in [0.15, 0.2) is 0 Å². The first kappa shape index (κ1) is 12.2. The Morgan fingerprint density at radius 3 is 2.81 bits per heavy atom. The fourth-order valence-electron chi connectivity index (χ4n) is 1.53. The molecule has 1 aromatic heterocycles. The molecule has 1 aliphatic rings. The lowest BCUT2D eigenvalue weighted by Gasteiger charge is -2.13. The van der Waals surface area contributed by atoms with Crippen molar-refractivity contribution in [3.05, 3.63) is 23.9 Å². The smallest absolute Gasteiger partial charge is 0.228 e. The average Bonchev–Trinajstić information content (AvgIpc) is 2.78. The minimum Gasteiger partial charge on any atom is -0.297 e. The molecule has 16 heavy (non-hydrogen) atoms. The molecule has 0 N–H and O–H groups in total. The molecule has 2 heterocycles. The Hall–Kier alpha value is -1.89. The van der Waals surface area contributed by atoms with Gasteiger partial charge in [0.25, 0.3) is 0 Å². The predicted octanol–water partition coefficient (Wildman–Crippen LogP) is 2.11. The van der Waals surface area contributed by atoms with Crippen molar-refractivity contribution < 1.29 is 4.79 Å². The maximum Gasteiger partial charge on any atom is 0.228 e. The maximum absolute atomic E-state index is 11.4. The van der Waals surface area contributed by atoms with Gasteiger partial charge in [-0.3, -0.25) is 9.69 Å². The van der Waals surface area contributed by atoms with Gasteiger partial charge in [0.1, 0.15) is 5.82 Å². The fourth-order valence-corrected chi connectivity index (χ4v) is 1.53. The Morgan fingerprint density at radius 1 is 1.50 bits per heavy atom. The van der Waals surface area contributed by atoms with Crippen molar-refractivity contribution in [1.82, 2.24) is 4.98 Å². The third-order valence-electron chi connectivity index (χ3n) is 2.22. The number of nitriles is 1. The van der Waals surface area contributed by atoms with Gasteiger partial charge in [0, 0.05) is 19.2 Å². The average molecular weight is 217 g/mol. The highest BCUT2D eigenvalue weighted by atomic mass is 16.2. The van der Waals surface area contributed by atoms with E-state index in [0.29, 0.717) is 24.3 Å². The lowest BCUT2D eigenvalue weighted by Crippen LogP contribution is -2.24. The second kappa shape index (κ2) is 5.86. The summed E-state index contributed by atoms with van der Waals surface area (Å²) in [5, 5.41) is 8.69. The highest BCUT2D eigenvalue weighted by Crippen LogP contribution is 2.19. The minimum absolute atomic E-state index is 0.0904. The van der Waals surface area contributed by atoms with Gasteiger partial charge in [-0.2, -0.15) is 5.26 Å². The first-order valence-electron chi connectivity index (χ1n) is 5.48. The summed E-state index contributed by atoms with van der Waals surface area (Å²) < 4.78 is 0. The molecule has 0 spiro atoms. The Balaban J connectivity index is 0.000000606. The van der Waals surface area contributed by atoms with Crippen molar-refractivity contribution in [2.45, 2.75) is 26.7 Å². The van der Waals surface area contributed by atoms with Gasteiger partial charge in [-0.25, -0.2) is 4.98 Å². The molecule has 0 atom stereocenters.